The minimum Gasteiger partial charge on any atom is -0.469 e. The van der Waals surface area contributed by atoms with Crippen LogP contribution in [0.5, 0.6) is 0 Å². The molecule has 0 aliphatic heterocycles. The molecule has 1 saturated carbocycles. The van der Waals surface area contributed by atoms with E-state index in [1.165, 1.54) is 26.6 Å². The second-order valence-electron chi connectivity index (χ2n) is 7.81. The number of ether oxygens (including phenoxy) is 2. The van der Waals surface area contributed by atoms with E-state index in [9.17, 15) is 14.4 Å². The number of rotatable bonds is 5. The van der Waals surface area contributed by atoms with Crippen molar-refractivity contribution >= 4 is 23.8 Å². The van der Waals surface area contributed by atoms with E-state index in [0.29, 0.717) is 35.4 Å². The van der Waals surface area contributed by atoms with Crippen LogP contribution in [0, 0.1) is 11.3 Å². The number of aromatic nitrogens is 2. The van der Waals surface area contributed by atoms with Crippen molar-refractivity contribution in [1.82, 2.24) is 20.2 Å². The summed E-state index contributed by atoms with van der Waals surface area (Å²) in [5.74, 6) is -0.0915. The fourth-order valence-electron chi connectivity index (χ4n) is 3.83. The molecule has 10 nitrogen and oxygen atoms in total. The monoisotopic (exact) mass is 453 g/mol. The maximum Gasteiger partial charge on any atom is 0.412 e. The normalized spacial score (nSPS) is 17.5. The van der Waals surface area contributed by atoms with Gasteiger partial charge in [0.05, 0.1) is 25.7 Å². The van der Waals surface area contributed by atoms with Crippen LogP contribution in [-0.2, 0) is 14.3 Å². The molecule has 10 heteroatoms. The predicted molar refractivity (Wildman–Crippen MR) is 120 cm³/mol. The van der Waals surface area contributed by atoms with Crippen molar-refractivity contribution in [1.29, 1.82) is 5.41 Å². The number of carbonyl (C=O) groups is 3. The summed E-state index contributed by atoms with van der Waals surface area (Å²) in [5, 5.41) is 10.2. The molecule has 33 heavy (non-hydrogen) atoms. The van der Waals surface area contributed by atoms with Crippen LogP contribution in [0.3, 0.4) is 0 Å². The molecule has 174 valence electrons. The number of nitrogens with zero attached hydrogens (tertiary/aromatic N) is 3. The largest absolute Gasteiger partial charge is 0.469 e. The van der Waals surface area contributed by atoms with E-state index < -0.39 is 6.09 Å². The number of methoxy groups -OCH3 is 2. The van der Waals surface area contributed by atoms with E-state index in [0.717, 1.165) is 12.8 Å². The SMILES string of the molecule is COC(=O)NC(=N)c1ccc(-c2ncc(C(=O)N(C)[C@H]3CC[C@H](C(=O)OC)CC3)cn2)cc1. The van der Waals surface area contributed by atoms with E-state index in [1.54, 1.807) is 36.2 Å². The zero-order chi connectivity index (χ0) is 24.0. The Balaban J connectivity index is 1.61. The minimum absolute atomic E-state index is 0.0551. The van der Waals surface area contributed by atoms with Gasteiger partial charge in [-0.05, 0) is 25.7 Å². The third-order valence-corrected chi connectivity index (χ3v) is 5.84. The Morgan fingerprint density at radius 3 is 2.12 bits per heavy atom. The molecular formula is C23H27N5O5. The van der Waals surface area contributed by atoms with Gasteiger partial charge >= 0.3 is 12.1 Å². The smallest absolute Gasteiger partial charge is 0.412 e. The van der Waals surface area contributed by atoms with Gasteiger partial charge in [0.2, 0.25) is 0 Å². The number of alkyl carbamates (subject to hydrolysis) is 1. The number of nitrogens with one attached hydrogen (secondary N) is 2. The number of amides is 2. The fraction of sp³-hybridized carbons (Fsp3) is 0.391. The van der Waals surface area contributed by atoms with Crippen molar-refractivity contribution in [2.75, 3.05) is 21.3 Å². The second kappa shape index (κ2) is 10.7. The highest BCUT2D eigenvalue weighted by molar-refractivity contribution is 6.04. The molecule has 0 spiro atoms. The molecule has 1 aromatic heterocycles. The van der Waals surface area contributed by atoms with Crippen molar-refractivity contribution in [2.24, 2.45) is 5.92 Å². The van der Waals surface area contributed by atoms with E-state index in [2.05, 4.69) is 20.0 Å². The van der Waals surface area contributed by atoms with Gasteiger partial charge in [0.25, 0.3) is 5.91 Å². The van der Waals surface area contributed by atoms with Gasteiger partial charge in [0.15, 0.2) is 5.82 Å². The van der Waals surface area contributed by atoms with E-state index >= 15 is 0 Å². The first-order valence-corrected chi connectivity index (χ1v) is 10.6. The van der Waals surface area contributed by atoms with Gasteiger partial charge in [-0.1, -0.05) is 24.3 Å². The minimum atomic E-state index is -0.714. The van der Waals surface area contributed by atoms with Gasteiger partial charge in [-0.2, -0.15) is 0 Å². The average Bonchev–Trinajstić information content (AvgIpc) is 2.87. The second-order valence-corrected chi connectivity index (χ2v) is 7.81. The topological polar surface area (TPSA) is 135 Å². The molecule has 0 saturated heterocycles. The molecule has 0 atom stereocenters. The van der Waals surface area contributed by atoms with Gasteiger partial charge in [0, 0.05) is 36.6 Å². The Morgan fingerprint density at radius 2 is 1.58 bits per heavy atom. The quantitative estimate of drug-likeness (QED) is 0.404. The molecule has 1 fully saturated rings. The first-order valence-electron chi connectivity index (χ1n) is 10.6. The third-order valence-electron chi connectivity index (χ3n) is 5.84. The summed E-state index contributed by atoms with van der Waals surface area (Å²) >= 11 is 0. The van der Waals surface area contributed by atoms with Gasteiger partial charge < -0.3 is 14.4 Å². The van der Waals surface area contributed by atoms with Crippen LogP contribution in [-0.4, -0.2) is 66.0 Å². The molecule has 2 N–H and O–H groups in total. The van der Waals surface area contributed by atoms with Crippen LogP contribution in [0.15, 0.2) is 36.7 Å². The maximum atomic E-state index is 12.9. The molecule has 2 amide bonds. The zero-order valence-electron chi connectivity index (χ0n) is 18.8. The molecule has 0 unspecified atom stereocenters. The lowest BCUT2D eigenvalue weighted by atomic mass is 9.85. The zero-order valence-corrected chi connectivity index (χ0v) is 18.8. The highest BCUT2D eigenvalue weighted by Gasteiger charge is 2.30. The lowest BCUT2D eigenvalue weighted by molar-refractivity contribution is -0.146. The summed E-state index contributed by atoms with van der Waals surface area (Å²) in [7, 11) is 4.38. The molecule has 2 aromatic rings. The van der Waals surface area contributed by atoms with E-state index in [4.69, 9.17) is 10.1 Å². The van der Waals surface area contributed by atoms with E-state index in [-0.39, 0.29) is 29.7 Å². The molecule has 1 aliphatic carbocycles. The Labute approximate surface area is 191 Å². The Kier molecular flexibility index (Phi) is 7.70. The first-order chi connectivity index (χ1) is 15.8. The summed E-state index contributed by atoms with van der Waals surface area (Å²) in [4.78, 5) is 46.1. The van der Waals surface area contributed by atoms with Crippen molar-refractivity contribution < 1.29 is 23.9 Å². The summed E-state index contributed by atoms with van der Waals surface area (Å²) in [6.07, 6.45) is 5.17. The molecule has 1 heterocycles. The number of hydrogen-bond donors (Lipinski definition) is 2. The van der Waals surface area contributed by atoms with Crippen LogP contribution in [0.4, 0.5) is 4.79 Å². The molecule has 1 aliphatic rings. The van der Waals surface area contributed by atoms with Gasteiger partial charge in [-0.15, -0.1) is 0 Å². The summed E-state index contributed by atoms with van der Waals surface area (Å²) in [6, 6.07) is 6.83. The highest BCUT2D eigenvalue weighted by Crippen LogP contribution is 2.28. The van der Waals surface area contributed by atoms with Crippen molar-refractivity contribution in [3.63, 3.8) is 0 Å². The van der Waals surface area contributed by atoms with E-state index in [1.807, 2.05) is 0 Å². The Hall–Kier alpha value is -3.82. The predicted octanol–water partition coefficient (Wildman–Crippen LogP) is 2.63. The fourth-order valence-corrected chi connectivity index (χ4v) is 3.83. The maximum absolute atomic E-state index is 12.9. The van der Waals surface area contributed by atoms with Gasteiger partial charge in [-0.3, -0.25) is 20.3 Å². The Morgan fingerprint density at radius 1 is 0.970 bits per heavy atom. The summed E-state index contributed by atoms with van der Waals surface area (Å²) < 4.78 is 9.30. The number of amidine groups is 1. The molecular weight excluding hydrogens is 426 g/mol. The van der Waals surface area contributed by atoms with Crippen LogP contribution < -0.4 is 5.32 Å². The molecule has 1 aromatic carbocycles. The highest BCUT2D eigenvalue weighted by atomic mass is 16.5. The van der Waals surface area contributed by atoms with Crippen molar-refractivity contribution in [2.45, 2.75) is 31.7 Å². The molecule has 3 rings (SSSR count). The summed E-state index contributed by atoms with van der Waals surface area (Å²) in [6.45, 7) is 0. The number of hydrogen-bond acceptors (Lipinski definition) is 8. The number of carbonyl (C=O) groups excluding carboxylic acids is 3. The van der Waals surface area contributed by atoms with Crippen LogP contribution in [0.2, 0.25) is 0 Å². The third kappa shape index (κ3) is 5.71. The number of esters is 1. The molecule has 0 radical (unpaired) electrons. The summed E-state index contributed by atoms with van der Waals surface area (Å²) in [5.41, 5.74) is 1.59. The molecule has 0 bridgehead atoms. The van der Waals surface area contributed by atoms with Gasteiger partial charge in [0.1, 0.15) is 5.84 Å². The van der Waals surface area contributed by atoms with Crippen LogP contribution >= 0.6 is 0 Å². The van der Waals surface area contributed by atoms with Crippen LogP contribution in [0.25, 0.3) is 11.4 Å². The Bertz CT molecular complexity index is 1010. The van der Waals surface area contributed by atoms with Crippen LogP contribution in [0.1, 0.15) is 41.6 Å². The standard InChI is InChI=1S/C23H27N5O5/c1-28(18-10-8-16(9-11-18)22(30)32-2)21(29)17-12-25-20(26-13-17)15-6-4-14(5-7-15)19(24)27-23(31)33-3/h4-7,12-13,16,18H,8-11H2,1-3H3,(H2,24,27,31)/t16-,18-. The lowest BCUT2D eigenvalue weighted by Crippen LogP contribution is -2.40. The van der Waals surface area contributed by atoms with Crippen molar-refractivity contribution in [3.8, 4) is 11.4 Å². The lowest BCUT2D eigenvalue weighted by Gasteiger charge is -2.33. The number of benzene rings is 1. The van der Waals surface area contributed by atoms with Gasteiger partial charge in [-0.25, -0.2) is 14.8 Å². The first kappa shape index (κ1) is 23.8. The average molecular weight is 453 g/mol. The van der Waals surface area contributed by atoms with Crippen molar-refractivity contribution in [3.05, 3.63) is 47.8 Å².